The highest BCUT2D eigenvalue weighted by atomic mass is 35.5. The minimum atomic E-state index is -0.256. The van der Waals surface area contributed by atoms with Gasteiger partial charge in [0.2, 0.25) is 5.91 Å². The number of rotatable bonds is 6. The highest BCUT2D eigenvalue weighted by Gasteiger charge is 2.33. The predicted octanol–water partition coefficient (Wildman–Crippen LogP) is 4.95. The summed E-state index contributed by atoms with van der Waals surface area (Å²) in [6.07, 6.45) is 6.13. The van der Waals surface area contributed by atoms with Gasteiger partial charge >= 0.3 is 0 Å². The molecule has 6 nitrogen and oxygen atoms in total. The molecule has 162 valence electrons. The summed E-state index contributed by atoms with van der Waals surface area (Å²) in [5, 5.41) is 5.87. The van der Waals surface area contributed by atoms with E-state index < -0.39 is 0 Å². The van der Waals surface area contributed by atoms with Crippen molar-refractivity contribution in [2.45, 2.75) is 31.7 Å². The van der Waals surface area contributed by atoms with Crippen molar-refractivity contribution < 1.29 is 14.3 Å². The molecule has 0 radical (unpaired) electrons. The molecule has 1 aromatic heterocycles. The third-order valence-corrected chi connectivity index (χ3v) is 7.15. The molecule has 2 aliphatic rings. The van der Waals surface area contributed by atoms with Gasteiger partial charge in [-0.2, -0.15) is 0 Å². The van der Waals surface area contributed by atoms with E-state index in [1.807, 2.05) is 17.5 Å². The molecule has 2 aromatic rings. The largest absolute Gasteiger partial charge is 0.495 e. The summed E-state index contributed by atoms with van der Waals surface area (Å²) in [6, 6.07) is 9.23. The molecule has 1 fully saturated rings. The zero-order valence-corrected chi connectivity index (χ0v) is 19.4. The molecular weight excluding hydrogens is 454 g/mol. The number of anilines is 1. The Bertz CT molecular complexity index is 1030. The number of hydrogen-bond acceptors (Lipinski definition) is 6. The number of carbonyl (C=O) groups is 2. The topological polar surface area (TPSA) is 71.0 Å². The van der Waals surface area contributed by atoms with Crippen LogP contribution in [-0.2, 0) is 9.59 Å². The molecule has 2 heterocycles. The number of methoxy groups -OCH3 is 1. The number of aliphatic imine (C=N–C) groups is 1. The molecule has 1 aliphatic heterocycles. The number of carbonyl (C=O) groups excluding carboxylic acids is 2. The minimum absolute atomic E-state index is 0.0459. The van der Waals surface area contributed by atoms with E-state index in [2.05, 4.69) is 10.3 Å². The van der Waals surface area contributed by atoms with Gasteiger partial charge in [-0.15, -0.1) is 11.3 Å². The molecule has 31 heavy (non-hydrogen) atoms. The lowest BCUT2D eigenvalue weighted by atomic mass is 10.2. The Hall–Kier alpha value is -2.29. The van der Waals surface area contributed by atoms with E-state index in [-0.39, 0.29) is 23.6 Å². The number of thiophene rings is 1. The molecule has 1 saturated carbocycles. The van der Waals surface area contributed by atoms with Gasteiger partial charge in [-0.05, 0) is 48.6 Å². The number of nitrogens with one attached hydrogen (secondary N) is 1. The van der Waals surface area contributed by atoms with Crippen molar-refractivity contribution in [3.05, 3.63) is 51.3 Å². The highest BCUT2D eigenvalue weighted by Crippen LogP contribution is 2.34. The molecule has 1 aromatic carbocycles. The first kappa shape index (κ1) is 21.9. The Labute approximate surface area is 194 Å². The lowest BCUT2D eigenvalue weighted by molar-refractivity contribution is -0.119. The fourth-order valence-corrected chi connectivity index (χ4v) is 5.32. The molecule has 1 aliphatic carbocycles. The molecule has 2 amide bonds. The van der Waals surface area contributed by atoms with Gasteiger partial charge in [-0.3, -0.25) is 14.5 Å². The summed E-state index contributed by atoms with van der Waals surface area (Å²) in [7, 11) is 1.54. The Kier molecular flexibility index (Phi) is 6.99. The van der Waals surface area contributed by atoms with Crippen molar-refractivity contribution in [1.29, 1.82) is 0 Å². The van der Waals surface area contributed by atoms with E-state index in [1.165, 1.54) is 35.1 Å². The number of nitrogens with zero attached hydrogens (tertiary/aromatic N) is 2. The van der Waals surface area contributed by atoms with E-state index in [0.717, 1.165) is 30.6 Å². The fraction of sp³-hybridized carbons (Fsp3) is 0.318. The Morgan fingerprint density at radius 3 is 2.87 bits per heavy atom. The molecule has 0 atom stereocenters. The number of hydrogen-bond donors (Lipinski definition) is 1. The van der Waals surface area contributed by atoms with E-state index in [0.29, 0.717) is 27.3 Å². The van der Waals surface area contributed by atoms with Gasteiger partial charge < -0.3 is 10.1 Å². The van der Waals surface area contributed by atoms with Crippen LogP contribution in [0, 0.1) is 0 Å². The van der Waals surface area contributed by atoms with Crippen LogP contribution < -0.4 is 15.0 Å². The first-order chi connectivity index (χ1) is 15.0. The van der Waals surface area contributed by atoms with Gasteiger partial charge in [0.1, 0.15) is 11.4 Å². The van der Waals surface area contributed by atoms with Crippen molar-refractivity contribution in [3.63, 3.8) is 0 Å². The fourth-order valence-electron chi connectivity index (χ4n) is 3.59. The van der Waals surface area contributed by atoms with Crippen LogP contribution in [0.1, 0.15) is 30.6 Å². The van der Waals surface area contributed by atoms with Crippen LogP contribution in [0.3, 0.4) is 0 Å². The first-order valence-electron chi connectivity index (χ1n) is 9.99. The van der Waals surface area contributed by atoms with Gasteiger partial charge in [-0.1, -0.05) is 42.3 Å². The van der Waals surface area contributed by atoms with Crippen LogP contribution in [0.5, 0.6) is 5.75 Å². The predicted molar refractivity (Wildman–Crippen MR) is 128 cm³/mol. The van der Waals surface area contributed by atoms with Crippen molar-refractivity contribution in [3.8, 4) is 5.75 Å². The van der Waals surface area contributed by atoms with Crippen molar-refractivity contribution >= 4 is 63.4 Å². The van der Waals surface area contributed by atoms with Crippen LogP contribution in [0.15, 0.2) is 46.4 Å². The zero-order chi connectivity index (χ0) is 21.8. The Balaban J connectivity index is 1.56. The van der Waals surface area contributed by atoms with Gasteiger partial charge in [0.15, 0.2) is 5.17 Å². The van der Waals surface area contributed by atoms with E-state index >= 15 is 0 Å². The van der Waals surface area contributed by atoms with Gasteiger partial charge in [0.25, 0.3) is 5.91 Å². The third-order valence-electron chi connectivity index (χ3n) is 5.10. The van der Waals surface area contributed by atoms with E-state index in [9.17, 15) is 9.59 Å². The summed E-state index contributed by atoms with van der Waals surface area (Å²) in [5.74, 6) is 0.409. The normalized spacial score (nSPS) is 18.0. The zero-order valence-electron chi connectivity index (χ0n) is 17.0. The van der Waals surface area contributed by atoms with Gasteiger partial charge in [-0.25, -0.2) is 4.99 Å². The van der Waals surface area contributed by atoms with Crippen LogP contribution in [0.25, 0.3) is 6.08 Å². The molecule has 0 bridgehead atoms. The standard InChI is InChI=1S/C22H22ClN3O3S2/c1-29-19-9-8-15(11-17(19)23)26-21(28)18(12-16-7-4-10-30-16)25-22(26)31-13-20(27)24-14-5-2-3-6-14/h4,7-12,14H,2-3,5-6,13H2,1H3,(H,24,27). The molecule has 9 heteroatoms. The highest BCUT2D eigenvalue weighted by molar-refractivity contribution is 8.14. The maximum absolute atomic E-state index is 13.2. The van der Waals surface area contributed by atoms with Gasteiger partial charge in [0, 0.05) is 10.9 Å². The van der Waals surface area contributed by atoms with Crippen LogP contribution in [-0.4, -0.2) is 35.9 Å². The van der Waals surface area contributed by atoms with Gasteiger partial charge in [0.05, 0.1) is 23.6 Å². The average molecular weight is 476 g/mol. The quantitative estimate of drug-likeness (QED) is 0.600. The van der Waals surface area contributed by atoms with Crippen molar-refractivity contribution in [2.75, 3.05) is 17.8 Å². The van der Waals surface area contributed by atoms with E-state index in [4.69, 9.17) is 16.3 Å². The summed E-state index contributed by atoms with van der Waals surface area (Å²) in [5.41, 5.74) is 0.904. The Morgan fingerprint density at radius 1 is 1.39 bits per heavy atom. The number of amides is 2. The monoisotopic (exact) mass is 475 g/mol. The van der Waals surface area contributed by atoms with Crippen LogP contribution in [0.2, 0.25) is 5.02 Å². The smallest absolute Gasteiger partial charge is 0.283 e. The summed E-state index contributed by atoms with van der Waals surface area (Å²) in [6.45, 7) is 0. The maximum atomic E-state index is 13.2. The number of ether oxygens (including phenoxy) is 1. The minimum Gasteiger partial charge on any atom is -0.495 e. The maximum Gasteiger partial charge on any atom is 0.283 e. The lowest BCUT2D eigenvalue weighted by Crippen LogP contribution is -2.35. The third kappa shape index (κ3) is 5.14. The molecular formula is C22H22ClN3O3S2. The number of thioether (sulfide) groups is 1. The number of halogens is 1. The van der Waals surface area contributed by atoms with Crippen LogP contribution >= 0.6 is 34.7 Å². The molecule has 0 saturated heterocycles. The summed E-state index contributed by atoms with van der Waals surface area (Å²) in [4.78, 5) is 32.6. The van der Waals surface area contributed by atoms with Crippen molar-refractivity contribution in [2.24, 2.45) is 4.99 Å². The molecule has 4 rings (SSSR count). The number of amidine groups is 1. The second-order valence-corrected chi connectivity index (χ2v) is 9.57. The van der Waals surface area contributed by atoms with E-state index in [1.54, 1.807) is 24.3 Å². The number of benzene rings is 1. The summed E-state index contributed by atoms with van der Waals surface area (Å²) >= 11 is 9.06. The molecule has 0 unspecified atom stereocenters. The molecule has 1 N–H and O–H groups in total. The lowest BCUT2D eigenvalue weighted by Gasteiger charge is -2.19. The average Bonchev–Trinajstić information content (AvgIpc) is 3.50. The second-order valence-electron chi connectivity index (χ2n) is 7.24. The summed E-state index contributed by atoms with van der Waals surface area (Å²) < 4.78 is 5.22. The second kappa shape index (κ2) is 9.89. The SMILES string of the molecule is COc1ccc(N2C(=O)C(=Cc3cccs3)N=C2SCC(=O)NC2CCCC2)cc1Cl. The Morgan fingerprint density at radius 2 is 2.19 bits per heavy atom. The van der Waals surface area contributed by atoms with Crippen molar-refractivity contribution in [1.82, 2.24) is 5.32 Å². The first-order valence-corrected chi connectivity index (χ1v) is 12.2. The molecule has 0 spiro atoms. The van der Waals surface area contributed by atoms with Crippen LogP contribution in [0.4, 0.5) is 5.69 Å².